The number of rotatable bonds is 3. The SMILES string of the molecule is O=C1CCc2c(Nc3ccc4c(c3)[C@@H]3[C@H](O4)[C@H]3c3nc4ccc(C(F)(F)F)cc4[nH]3)ccnc2N1. The molecule has 0 bridgehead atoms. The summed E-state index contributed by atoms with van der Waals surface area (Å²) in [7, 11) is 0. The molecular weight excluding hydrogens is 459 g/mol. The zero-order valence-corrected chi connectivity index (χ0v) is 18.1. The zero-order valence-electron chi connectivity index (χ0n) is 18.1. The Balaban J connectivity index is 1.16. The molecule has 2 aromatic heterocycles. The maximum atomic E-state index is 13.1. The van der Waals surface area contributed by atoms with Crippen LogP contribution in [0.15, 0.2) is 48.7 Å². The number of H-pyrrole nitrogens is 1. The number of halogens is 3. The highest BCUT2D eigenvalue weighted by Gasteiger charge is 2.61. The molecule has 35 heavy (non-hydrogen) atoms. The lowest BCUT2D eigenvalue weighted by Gasteiger charge is -2.20. The molecule has 3 N–H and O–H groups in total. The van der Waals surface area contributed by atoms with Crippen molar-refractivity contribution in [2.45, 2.75) is 37.0 Å². The first-order chi connectivity index (χ1) is 16.8. The van der Waals surface area contributed by atoms with Crippen molar-refractivity contribution < 1.29 is 22.7 Å². The Morgan fingerprint density at radius 3 is 2.80 bits per heavy atom. The topological polar surface area (TPSA) is 91.9 Å². The molecule has 2 aliphatic heterocycles. The number of benzene rings is 2. The predicted octanol–water partition coefficient (Wildman–Crippen LogP) is 5.25. The van der Waals surface area contributed by atoms with Crippen LogP contribution in [0.3, 0.4) is 0 Å². The molecule has 0 spiro atoms. The highest BCUT2D eigenvalue weighted by Crippen LogP contribution is 2.63. The van der Waals surface area contributed by atoms with Gasteiger partial charge in [-0.15, -0.1) is 0 Å². The second-order valence-corrected chi connectivity index (χ2v) is 9.10. The first-order valence-electron chi connectivity index (χ1n) is 11.3. The molecule has 7 rings (SSSR count). The minimum absolute atomic E-state index is 0.0385. The van der Waals surface area contributed by atoms with Crippen LogP contribution in [0.4, 0.5) is 30.4 Å². The standard InChI is InChI=1S/C25H18F3N5O2/c26-25(27,28)11-1-4-16-17(9-11)32-24(31-16)21-20-14-10-12(2-5-18(14)35-22(20)21)30-15-7-8-29-23-13(15)3-6-19(34)33-23/h1-2,4-5,7-10,20-22H,3,6H2,(H,31,32)(H2,29,30,33,34)/t20-,21-,22-/m0/s1. The Hall–Kier alpha value is -4.08. The highest BCUT2D eigenvalue weighted by molar-refractivity contribution is 5.94. The fourth-order valence-electron chi connectivity index (χ4n) is 5.19. The van der Waals surface area contributed by atoms with E-state index in [4.69, 9.17) is 4.74 Å². The average Bonchev–Trinajstić information content (AvgIpc) is 3.18. The van der Waals surface area contributed by atoms with Crippen molar-refractivity contribution in [1.82, 2.24) is 15.0 Å². The van der Waals surface area contributed by atoms with E-state index < -0.39 is 11.7 Å². The van der Waals surface area contributed by atoms with Crippen LogP contribution in [0.2, 0.25) is 0 Å². The van der Waals surface area contributed by atoms with E-state index in [1.165, 1.54) is 6.07 Å². The van der Waals surface area contributed by atoms with Crippen LogP contribution in [-0.4, -0.2) is 27.0 Å². The molecule has 1 saturated carbocycles. The third-order valence-corrected chi connectivity index (χ3v) is 6.92. The monoisotopic (exact) mass is 477 g/mol. The van der Waals surface area contributed by atoms with Gasteiger partial charge in [-0.05, 0) is 48.9 Å². The third kappa shape index (κ3) is 3.23. The number of ether oxygens (including phenoxy) is 1. The van der Waals surface area contributed by atoms with Gasteiger partial charge in [0.25, 0.3) is 0 Å². The summed E-state index contributed by atoms with van der Waals surface area (Å²) in [6.45, 7) is 0. The summed E-state index contributed by atoms with van der Waals surface area (Å²) in [4.78, 5) is 23.6. The molecule has 0 radical (unpaired) electrons. The summed E-state index contributed by atoms with van der Waals surface area (Å²) >= 11 is 0. The highest BCUT2D eigenvalue weighted by atomic mass is 19.4. The summed E-state index contributed by atoms with van der Waals surface area (Å²) in [5.74, 6) is 2.03. The van der Waals surface area contributed by atoms with Crippen LogP contribution in [0.5, 0.6) is 5.75 Å². The van der Waals surface area contributed by atoms with Gasteiger partial charge in [0.05, 0.1) is 22.5 Å². The molecule has 0 unspecified atom stereocenters. The first kappa shape index (κ1) is 20.3. The van der Waals surface area contributed by atoms with Gasteiger partial charge in [0.15, 0.2) is 0 Å². The van der Waals surface area contributed by atoms with Gasteiger partial charge in [0.1, 0.15) is 23.5 Å². The van der Waals surface area contributed by atoms with E-state index in [0.29, 0.717) is 35.5 Å². The van der Waals surface area contributed by atoms with Gasteiger partial charge in [-0.1, -0.05) is 0 Å². The van der Waals surface area contributed by atoms with Gasteiger partial charge in [-0.2, -0.15) is 13.2 Å². The Labute approximate surface area is 196 Å². The Morgan fingerprint density at radius 1 is 1.06 bits per heavy atom. The van der Waals surface area contributed by atoms with Crippen molar-refractivity contribution in [1.29, 1.82) is 0 Å². The van der Waals surface area contributed by atoms with E-state index in [0.717, 1.165) is 40.4 Å². The van der Waals surface area contributed by atoms with Gasteiger partial charge in [0, 0.05) is 41.0 Å². The number of amides is 1. The molecule has 1 aliphatic carbocycles. The molecule has 1 amide bonds. The maximum absolute atomic E-state index is 13.1. The summed E-state index contributed by atoms with van der Waals surface area (Å²) in [5.41, 5.74) is 3.93. The van der Waals surface area contributed by atoms with Crippen molar-refractivity contribution in [2.75, 3.05) is 10.6 Å². The Morgan fingerprint density at radius 2 is 1.94 bits per heavy atom. The van der Waals surface area contributed by atoms with E-state index in [1.807, 2.05) is 24.3 Å². The van der Waals surface area contributed by atoms with Gasteiger partial charge in [-0.25, -0.2) is 9.97 Å². The largest absolute Gasteiger partial charge is 0.489 e. The van der Waals surface area contributed by atoms with Crippen LogP contribution < -0.4 is 15.4 Å². The summed E-state index contributed by atoms with van der Waals surface area (Å²) in [6, 6.07) is 11.3. The number of hydrogen-bond acceptors (Lipinski definition) is 5. The van der Waals surface area contributed by atoms with Crippen molar-refractivity contribution >= 4 is 34.1 Å². The number of aromatic nitrogens is 3. The van der Waals surface area contributed by atoms with Gasteiger partial charge < -0.3 is 20.4 Å². The van der Waals surface area contributed by atoms with Crippen LogP contribution >= 0.6 is 0 Å². The van der Waals surface area contributed by atoms with Crippen molar-refractivity contribution in [3.63, 3.8) is 0 Å². The summed E-state index contributed by atoms with van der Waals surface area (Å²) in [6.07, 6.45) is -1.81. The van der Waals surface area contributed by atoms with E-state index in [2.05, 4.69) is 25.6 Å². The molecule has 0 saturated heterocycles. The Kier molecular flexibility index (Phi) is 4.04. The molecule has 10 heteroatoms. The zero-order chi connectivity index (χ0) is 23.9. The van der Waals surface area contributed by atoms with Gasteiger partial charge in [-0.3, -0.25) is 4.79 Å². The number of carbonyl (C=O) groups excluding carboxylic acids is 1. The maximum Gasteiger partial charge on any atom is 0.416 e. The number of nitrogens with zero attached hydrogens (tertiary/aromatic N) is 2. The summed E-state index contributed by atoms with van der Waals surface area (Å²) in [5, 5.41) is 6.24. The third-order valence-electron chi connectivity index (χ3n) is 6.92. The molecule has 3 aliphatic rings. The minimum Gasteiger partial charge on any atom is -0.489 e. The smallest absolute Gasteiger partial charge is 0.416 e. The second-order valence-electron chi connectivity index (χ2n) is 9.10. The number of hydrogen-bond donors (Lipinski definition) is 3. The van der Waals surface area contributed by atoms with Crippen LogP contribution in [0.1, 0.15) is 40.8 Å². The first-order valence-corrected chi connectivity index (χ1v) is 11.3. The molecule has 4 aromatic rings. The Bertz CT molecular complexity index is 1530. The van der Waals surface area contributed by atoms with E-state index in [-0.39, 0.29) is 23.8 Å². The second kappa shape index (κ2) is 6.97. The van der Waals surface area contributed by atoms with Crippen LogP contribution in [-0.2, 0) is 17.4 Å². The molecule has 1 fully saturated rings. The quantitative estimate of drug-likeness (QED) is 0.375. The van der Waals surface area contributed by atoms with E-state index >= 15 is 0 Å². The van der Waals surface area contributed by atoms with Crippen molar-refractivity contribution in [3.05, 3.63) is 71.2 Å². The molecule has 4 heterocycles. The normalized spacial score (nSPS) is 22.1. The lowest BCUT2D eigenvalue weighted by atomic mass is 10.0. The average molecular weight is 477 g/mol. The summed E-state index contributed by atoms with van der Waals surface area (Å²) < 4.78 is 45.3. The minimum atomic E-state index is -4.40. The number of fused-ring (bicyclic) bond motifs is 5. The van der Waals surface area contributed by atoms with Crippen LogP contribution in [0, 0.1) is 0 Å². The number of anilines is 3. The fourth-order valence-corrected chi connectivity index (χ4v) is 5.19. The molecule has 7 nitrogen and oxygen atoms in total. The number of pyridine rings is 1. The number of aromatic amines is 1. The number of imidazole rings is 1. The van der Waals surface area contributed by atoms with Gasteiger partial charge >= 0.3 is 6.18 Å². The number of nitrogens with one attached hydrogen (secondary N) is 3. The number of carbonyl (C=O) groups is 1. The van der Waals surface area contributed by atoms with Crippen LogP contribution in [0.25, 0.3) is 11.0 Å². The van der Waals surface area contributed by atoms with E-state index in [1.54, 1.807) is 6.20 Å². The molecule has 2 aromatic carbocycles. The van der Waals surface area contributed by atoms with Gasteiger partial charge in [0.2, 0.25) is 5.91 Å². The lowest BCUT2D eigenvalue weighted by molar-refractivity contribution is -0.137. The van der Waals surface area contributed by atoms with Crippen molar-refractivity contribution in [2.24, 2.45) is 0 Å². The lowest BCUT2D eigenvalue weighted by Crippen LogP contribution is -2.20. The van der Waals surface area contributed by atoms with Crippen molar-refractivity contribution in [3.8, 4) is 5.75 Å². The predicted molar refractivity (Wildman–Crippen MR) is 122 cm³/mol. The molecule has 176 valence electrons. The fraction of sp³-hybridized carbons (Fsp3) is 0.240. The molecular formula is C25H18F3N5O2. The number of alkyl halides is 3. The van der Waals surface area contributed by atoms with E-state index in [9.17, 15) is 18.0 Å². The molecule has 3 atom stereocenters.